The van der Waals surface area contributed by atoms with Gasteiger partial charge in [0.2, 0.25) is 5.91 Å². The van der Waals surface area contributed by atoms with Gasteiger partial charge in [0.25, 0.3) is 5.91 Å². The maximum Gasteiger partial charge on any atom is 0.262 e. The summed E-state index contributed by atoms with van der Waals surface area (Å²) in [4.78, 5) is 31.6. The third kappa shape index (κ3) is 5.92. The molecule has 0 saturated carbocycles. The zero-order chi connectivity index (χ0) is 27.4. The summed E-state index contributed by atoms with van der Waals surface area (Å²) in [5, 5.41) is 4.43. The van der Waals surface area contributed by atoms with Crippen molar-refractivity contribution < 1.29 is 14.3 Å². The van der Waals surface area contributed by atoms with E-state index in [2.05, 4.69) is 5.32 Å². The van der Waals surface area contributed by atoms with Crippen molar-refractivity contribution in [2.75, 3.05) is 18.5 Å². The summed E-state index contributed by atoms with van der Waals surface area (Å²) in [5.41, 5.74) is 10.6. The summed E-state index contributed by atoms with van der Waals surface area (Å²) < 4.78 is 7.37. The lowest BCUT2D eigenvalue weighted by molar-refractivity contribution is -0.115. The van der Waals surface area contributed by atoms with Crippen LogP contribution in [-0.4, -0.2) is 34.5 Å². The number of carbonyl (C=O) groups is 2. The highest BCUT2D eigenvalue weighted by Crippen LogP contribution is 2.33. The van der Waals surface area contributed by atoms with Crippen molar-refractivity contribution in [3.8, 4) is 17.0 Å². The number of nitrogens with zero attached hydrogens (tertiary/aromatic N) is 2. The van der Waals surface area contributed by atoms with Gasteiger partial charge in [0.1, 0.15) is 5.75 Å². The Morgan fingerprint density at radius 3 is 2.69 bits per heavy atom. The summed E-state index contributed by atoms with van der Waals surface area (Å²) in [7, 11) is 0. The van der Waals surface area contributed by atoms with Crippen molar-refractivity contribution in [3.05, 3.63) is 101 Å². The fourth-order valence-corrected chi connectivity index (χ4v) is 5.35. The van der Waals surface area contributed by atoms with Gasteiger partial charge in [0, 0.05) is 27.6 Å². The molecule has 0 radical (unpaired) electrons. The highest BCUT2D eigenvalue weighted by molar-refractivity contribution is 7.16. The van der Waals surface area contributed by atoms with Gasteiger partial charge >= 0.3 is 0 Å². The van der Waals surface area contributed by atoms with E-state index in [0.29, 0.717) is 23.8 Å². The molecule has 5 aromatic rings. The smallest absolute Gasteiger partial charge is 0.262 e. The van der Waals surface area contributed by atoms with Crippen molar-refractivity contribution >= 4 is 39.2 Å². The number of nitrogens with two attached hydrogens (primary N) is 1. The van der Waals surface area contributed by atoms with Gasteiger partial charge < -0.3 is 15.8 Å². The standard InChI is InChI=1S/C31H30N4O3S/c1-20-7-3-4-10-26(20)30(37)35-15-13-23-19-24(11-12-27(23)35)29-21(2)39-31(34-29)33-28(36)18-22-8-5-9-25(17-22)38-16-6-14-32/h3-5,7-13,15,17,19H,6,14,16,18,32H2,1-2H3,(H,33,34,36). The first-order chi connectivity index (χ1) is 18.9. The van der Waals surface area contributed by atoms with Gasteiger partial charge in [-0.2, -0.15) is 0 Å². The van der Waals surface area contributed by atoms with Gasteiger partial charge in [-0.3, -0.25) is 14.2 Å². The third-order valence-corrected chi connectivity index (χ3v) is 7.37. The highest BCUT2D eigenvalue weighted by atomic mass is 32.1. The molecule has 0 fully saturated rings. The normalized spacial score (nSPS) is 11.1. The number of nitrogens with one attached hydrogen (secondary N) is 1. The predicted molar refractivity (Wildman–Crippen MR) is 157 cm³/mol. The first-order valence-electron chi connectivity index (χ1n) is 12.8. The van der Waals surface area contributed by atoms with Gasteiger partial charge in [0.05, 0.1) is 24.2 Å². The quantitative estimate of drug-likeness (QED) is 0.225. The number of fused-ring (bicyclic) bond motifs is 1. The monoisotopic (exact) mass is 538 g/mol. The van der Waals surface area contributed by atoms with Crippen LogP contribution in [0.25, 0.3) is 22.2 Å². The van der Waals surface area contributed by atoms with Crippen LogP contribution in [-0.2, 0) is 11.2 Å². The van der Waals surface area contributed by atoms with Gasteiger partial charge in [-0.15, -0.1) is 11.3 Å². The molecule has 3 aromatic carbocycles. The maximum atomic E-state index is 13.2. The summed E-state index contributed by atoms with van der Waals surface area (Å²) >= 11 is 1.44. The first kappa shape index (κ1) is 26.3. The van der Waals surface area contributed by atoms with Crippen LogP contribution in [0.5, 0.6) is 5.75 Å². The van der Waals surface area contributed by atoms with Gasteiger partial charge in [-0.1, -0.05) is 36.4 Å². The Morgan fingerprint density at radius 1 is 1.03 bits per heavy atom. The fraction of sp³-hybridized carbons (Fsp3) is 0.194. The van der Waals surface area contributed by atoms with Crippen LogP contribution in [0.1, 0.15) is 32.8 Å². The highest BCUT2D eigenvalue weighted by Gasteiger charge is 2.16. The molecule has 0 aliphatic rings. The molecular weight excluding hydrogens is 508 g/mol. The minimum absolute atomic E-state index is 0.0571. The second kappa shape index (κ2) is 11.6. The molecule has 0 atom stereocenters. The lowest BCUT2D eigenvalue weighted by Gasteiger charge is -2.08. The van der Waals surface area contributed by atoms with E-state index in [0.717, 1.165) is 50.3 Å². The van der Waals surface area contributed by atoms with Crippen LogP contribution in [0.4, 0.5) is 5.13 Å². The van der Waals surface area contributed by atoms with Crippen LogP contribution in [0.3, 0.4) is 0 Å². The zero-order valence-electron chi connectivity index (χ0n) is 21.9. The molecule has 2 aromatic heterocycles. The minimum Gasteiger partial charge on any atom is -0.494 e. The number of ether oxygens (including phenoxy) is 1. The van der Waals surface area contributed by atoms with E-state index in [1.54, 1.807) is 10.8 Å². The lowest BCUT2D eigenvalue weighted by Crippen LogP contribution is -2.14. The van der Waals surface area contributed by atoms with E-state index in [4.69, 9.17) is 15.5 Å². The molecule has 8 heteroatoms. The van der Waals surface area contributed by atoms with Crippen molar-refractivity contribution in [2.24, 2.45) is 5.73 Å². The number of carbonyl (C=O) groups excluding carboxylic acids is 2. The lowest BCUT2D eigenvalue weighted by atomic mass is 10.1. The molecule has 3 N–H and O–H groups in total. The topological polar surface area (TPSA) is 99.2 Å². The second-order valence-corrected chi connectivity index (χ2v) is 10.6. The summed E-state index contributed by atoms with van der Waals surface area (Å²) in [6.07, 6.45) is 2.80. The van der Waals surface area contributed by atoms with E-state index in [9.17, 15) is 9.59 Å². The summed E-state index contributed by atoms with van der Waals surface area (Å²) in [5.74, 6) is 0.529. The fourth-order valence-electron chi connectivity index (χ4n) is 4.49. The number of aromatic nitrogens is 2. The Labute approximate surface area is 231 Å². The molecule has 5 rings (SSSR count). The molecule has 0 aliphatic heterocycles. The van der Waals surface area contributed by atoms with Crippen LogP contribution in [0.15, 0.2) is 79.0 Å². The van der Waals surface area contributed by atoms with Crippen molar-refractivity contribution in [2.45, 2.75) is 26.7 Å². The van der Waals surface area contributed by atoms with E-state index >= 15 is 0 Å². The molecule has 2 heterocycles. The Balaban J connectivity index is 1.30. The minimum atomic E-state index is -0.142. The number of hydrogen-bond acceptors (Lipinski definition) is 6. The van der Waals surface area contributed by atoms with Gasteiger partial charge in [-0.25, -0.2) is 4.98 Å². The van der Waals surface area contributed by atoms with Crippen LogP contribution < -0.4 is 15.8 Å². The average molecular weight is 539 g/mol. The molecule has 7 nitrogen and oxygen atoms in total. The molecular formula is C31H30N4O3S. The van der Waals surface area contributed by atoms with Crippen LogP contribution in [0.2, 0.25) is 0 Å². The van der Waals surface area contributed by atoms with Gasteiger partial charge in [-0.05, 0) is 74.3 Å². The average Bonchev–Trinajstić information content (AvgIpc) is 3.51. The number of anilines is 1. The number of amides is 1. The van der Waals surface area contributed by atoms with Crippen LogP contribution >= 0.6 is 11.3 Å². The Hall–Kier alpha value is -4.27. The van der Waals surface area contributed by atoms with Crippen molar-refractivity contribution in [1.82, 2.24) is 9.55 Å². The summed E-state index contributed by atoms with van der Waals surface area (Å²) in [6.45, 7) is 5.05. The molecule has 0 aliphatic carbocycles. The third-order valence-electron chi connectivity index (χ3n) is 6.48. The van der Waals surface area contributed by atoms with Gasteiger partial charge in [0.15, 0.2) is 5.13 Å². The first-order valence-corrected chi connectivity index (χ1v) is 13.7. The predicted octanol–water partition coefficient (Wildman–Crippen LogP) is 5.98. The number of benzene rings is 3. The molecule has 0 spiro atoms. The maximum absolute atomic E-state index is 13.2. The molecule has 39 heavy (non-hydrogen) atoms. The second-order valence-electron chi connectivity index (χ2n) is 9.37. The molecule has 198 valence electrons. The largest absolute Gasteiger partial charge is 0.494 e. The van der Waals surface area contributed by atoms with E-state index < -0.39 is 0 Å². The molecule has 0 bridgehead atoms. The van der Waals surface area contributed by atoms with E-state index in [-0.39, 0.29) is 18.2 Å². The number of rotatable bonds is 9. The van der Waals surface area contributed by atoms with Crippen molar-refractivity contribution in [3.63, 3.8) is 0 Å². The van der Waals surface area contributed by atoms with E-state index in [1.807, 2.05) is 86.6 Å². The zero-order valence-corrected chi connectivity index (χ0v) is 22.8. The molecule has 0 saturated heterocycles. The Bertz CT molecular complexity index is 1650. The molecule has 1 amide bonds. The van der Waals surface area contributed by atoms with Crippen LogP contribution in [0, 0.1) is 13.8 Å². The SMILES string of the molecule is Cc1ccccc1C(=O)n1ccc2cc(-c3nc(NC(=O)Cc4cccc(OCCCN)c4)sc3C)ccc21. The Kier molecular flexibility index (Phi) is 7.86. The number of thiazole rings is 1. The molecule has 0 unspecified atom stereocenters. The number of aryl methyl sites for hydroxylation is 2. The van der Waals surface area contributed by atoms with E-state index in [1.165, 1.54) is 11.3 Å². The number of hydrogen-bond donors (Lipinski definition) is 2. The Morgan fingerprint density at radius 2 is 1.87 bits per heavy atom. The summed E-state index contributed by atoms with van der Waals surface area (Å²) in [6, 6.07) is 23.0. The van der Waals surface area contributed by atoms with Crippen molar-refractivity contribution in [1.29, 1.82) is 0 Å².